The Labute approximate surface area is 189 Å². The molecule has 0 aromatic heterocycles. The maximum Gasteiger partial charge on any atom is 0.407 e. The first-order valence-electron chi connectivity index (χ1n) is 11.0. The molecule has 1 aromatic carbocycles. The molecular formula is C21H33N5O5S. The number of amides is 2. The van der Waals surface area contributed by atoms with E-state index < -0.39 is 10.0 Å². The van der Waals surface area contributed by atoms with Crippen LogP contribution in [0.4, 0.5) is 4.79 Å². The summed E-state index contributed by atoms with van der Waals surface area (Å²) in [6.07, 6.45) is 3.22. The van der Waals surface area contributed by atoms with Crippen LogP contribution in [0, 0.1) is 5.92 Å². The van der Waals surface area contributed by atoms with Crippen molar-refractivity contribution in [2.75, 3.05) is 0 Å². The van der Waals surface area contributed by atoms with Crippen molar-refractivity contribution in [3.63, 3.8) is 0 Å². The van der Waals surface area contributed by atoms with Crippen molar-refractivity contribution in [3.8, 4) is 0 Å². The normalized spacial score (nSPS) is 26.5. The molecule has 0 spiro atoms. The second kappa shape index (κ2) is 10.6. The summed E-state index contributed by atoms with van der Waals surface area (Å²) in [6.45, 7) is 3.94. The Hall–Kier alpha value is -2.21. The fourth-order valence-electron chi connectivity index (χ4n) is 4.26. The van der Waals surface area contributed by atoms with Gasteiger partial charge in [0.05, 0.1) is 17.5 Å². The molecule has 1 aliphatic carbocycles. The monoisotopic (exact) mass is 467 g/mol. The zero-order valence-electron chi connectivity index (χ0n) is 18.5. The largest absolute Gasteiger partial charge is 0.446 e. The maximum absolute atomic E-state index is 12.5. The Kier molecular flexibility index (Phi) is 8.10. The molecule has 2 amide bonds. The number of nitrogens with one attached hydrogen (secondary N) is 4. The summed E-state index contributed by atoms with van der Waals surface area (Å²) in [5.74, 6) is 0.0318. The van der Waals surface area contributed by atoms with Crippen LogP contribution in [0.15, 0.2) is 29.2 Å². The van der Waals surface area contributed by atoms with Crippen LogP contribution in [0.25, 0.3) is 0 Å². The highest BCUT2D eigenvalue weighted by molar-refractivity contribution is 7.89. The Balaban J connectivity index is 1.45. The van der Waals surface area contributed by atoms with Crippen molar-refractivity contribution in [1.29, 1.82) is 0 Å². The van der Waals surface area contributed by atoms with E-state index in [1.807, 2.05) is 13.8 Å². The first-order valence-corrected chi connectivity index (χ1v) is 12.6. The van der Waals surface area contributed by atoms with E-state index in [2.05, 4.69) is 21.5 Å². The van der Waals surface area contributed by atoms with Crippen LogP contribution in [0.2, 0.25) is 0 Å². The molecular weight excluding hydrogens is 434 g/mol. The van der Waals surface area contributed by atoms with Gasteiger partial charge >= 0.3 is 6.09 Å². The Morgan fingerprint density at radius 3 is 2.69 bits per heavy atom. The van der Waals surface area contributed by atoms with Crippen molar-refractivity contribution >= 4 is 22.0 Å². The number of hydrazine groups is 1. The third-order valence-corrected chi connectivity index (χ3v) is 7.15. The predicted molar refractivity (Wildman–Crippen MR) is 119 cm³/mol. The molecule has 5 atom stereocenters. The number of carbonyl (C=O) groups is 2. The summed E-state index contributed by atoms with van der Waals surface area (Å²) < 4.78 is 29.0. The third-order valence-electron chi connectivity index (χ3n) is 6.14. The average Bonchev–Trinajstić information content (AvgIpc) is 3.36. The van der Waals surface area contributed by atoms with Crippen LogP contribution in [-0.2, 0) is 26.0 Å². The molecule has 10 nitrogen and oxygen atoms in total. The molecule has 1 heterocycles. The molecule has 0 bridgehead atoms. The molecule has 1 saturated carbocycles. The van der Waals surface area contributed by atoms with Crippen molar-refractivity contribution in [2.45, 2.75) is 81.6 Å². The molecule has 1 aromatic rings. The third kappa shape index (κ3) is 6.64. The number of alkyl carbamates (subject to hydrolysis) is 1. The lowest BCUT2D eigenvalue weighted by atomic mass is 9.96. The summed E-state index contributed by atoms with van der Waals surface area (Å²) in [5.41, 5.74) is 6.68. The SMILES string of the molecule is CC[C@H](C)NC(=O)O[C@@H]1CC[C@H](C2CC(NC(=O)Cc3ccccc3S(N)(=O)=O)NN2)C1. The van der Waals surface area contributed by atoms with Crippen LogP contribution in [-0.4, -0.2) is 44.8 Å². The van der Waals surface area contributed by atoms with E-state index >= 15 is 0 Å². The van der Waals surface area contributed by atoms with Crippen LogP contribution in [0.5, 0.6) is 0 Å². The Bertz CT molecular complexity index is 925. The number of ether oxygens (including phenoxy) is 1. The molecule has 1 saturated heterocycles. The zero-order valence-corrected chi connectivity index (χ0v) is 19.3. The highest BCUT2D eigenvalue weighted by Crippen LogP contribution is 2.33. The van der Waals surface area contributed by atoms with Crippen LogP contribution < -0.4 is 26.6 Å². The molecule has 2 aliphatic rings. The first kappa shape index (κ1) is 24.4. The van der Waals surface area contributed by atoms with Crippen molar-refractivity contribution in [1.82, 2.24) is 21.5 Å². The predicted octanol–water partition coefficient (Wildman–Crippen LogP) is 0.879. The molecule has 2 unspecified atom stereocenters. The molecule has 2 fully saturated rings. The topological polar surface area (TPSA) is 152 Å². The Morgan fingerprint density at radius 2 is 1.97 bits per heavy atom. The first-order chi connectivity index (χ1) is 15.2. The lowest BCUT2D eigenvalue weighted by molar-refractivity contribution is -0.121. The lowest BCUT2D eigenvalue weighted by Crippen LogP contribution is -2.45. The maximum atomic E-state index is 12.5. The molecule has 32 heavy (non-hydrogen) atoms. The highest BCUT2D eigenvalue weighted by Gasteiger charge is 2.37. The van der Waals surface area contributed by atoms with Gasteiger partial charge in [-0.3, -0.25) is 10.2 Å². The summed E-state index contributed by atoms with van der Waals surface area (Å²) in [5, 5.41) is 10.9. The van der Waals surface area contributed by atoms with Gasteiger partial charge in [-0.2, -0.15) is 0 Å². The fraction of sp³-hybridized carbons (Fsp3) is 0.619. The van der Waals surface area contributed by atoms with Gasteiger partial charge in [0.2, 0.25) is 15.9 Å². The number of hydrogen-bond acceptors (Lipinski definition) is 7. The lowest BCUT2D eigenvalue weighted by Gasteiger charge is -2.19. The standard InChI is InChI=1S/C21H33N5O5S/c1-3-13(2)23-21(28)31-16-9-8-14(10-16)17-12-19(26-25-17)24-20(27)11-15-6-4-5-7-18(15)32(22,29)30/h4-7,13-14,16-17,19,25-26H,3,8-12H2,1-2H3,(H,23,28)(H,24,27)(H2,22,29,30)/t13-,14-,16+,17?,19?/m0/s1. The molecule has 6 N–H and O–H groups in total. The summed E-state index contributed by atoms with van der Waals surface area (Å²) in [7, 11) is -3.90. The number of hydrogen-bond donors (Lipinski definition) is 5. The van der Waals surface area contributed by atoms with E-state index in [-0.39, 0.29) is 47.7 Å². The van der Waals surface area contributed by atoms with Gasteiger partial charge in [-0.05, 0) is 56.6 Å². The number of primary sulfonamides is 1. The van der Waals surface area contributed by atoms with E-state index in [9.17, 15) is 18.0 Å². The van der Waals surface area contributed by atoms with Gasteiger partial charge in [0.25, 0.3) is 0 Å². The van der Waals surface area contributed by atoms with E-state index in [1.54, 1.807) is 18.2 Å². The van der Waals surface area contributed by atoms with Gasteiger partial charge < -0.3 is 15.4 Å². The Morgan fingerprint density at radius 1 is 1.22 bits per heavy atom. The van der Waals surface area contributed by atoms with Gasteiger partial charge in [0.1, 0.15) is 6.10 Å². The zero-order chi connectivity index (χ0) is 23.3. The molecule has 11 heteroatoms. The van der Waals surface area contributed by atoms with E-state index in [0.29, 0.717) is 17.9 Å². The fourth-order valence-corrected chi connectivity index (χ4v) is 5.04. The second-order valence-electron chi connectivity index (χ2n) is 8.63. The molecule has 1 aliphatic heterocycles. The minimum Gasteiger partial charge on any atom is -0.446 e. The van der Waals surface area contributed by atoms with Crippen LogP contribution in [0.1, 0.15) is 51.5 Å². The summed E-state index contributed by atoms with van der Waals surface area (Å²) in [6, 6.07) is 6.44. The van der Waals surface area contributed by atoms with Gasteiger partial charge in [0.15, 0.2) is 0 Å². The quantitative estimate of drug-likeness (QED) is 0.380. The van der Waals surface area contributed by atoms with Crippen molar-refractivity contribution in [3.05, 3.63) is 29.8 Å². The molecule has 178 valence electrons. The van der Waals surface area contributed by atoms with Gasteiger partial charge in [-0.15, -0.1) is 0 Å². The second-order valence-corrected chi connectivity index (χ2v) is 10.2. The number of sulfonamides is 1. The number of nitrogens with two attached hydrogens (primary N) is 1. The molecule has 0 radical (unpaired) electrons. The smallest absolute Gasteiger partial charge is 0.407 e. The average molecular weight is 468 g/mol. The van der Waals surface area contributed by atoms with Crippen LogP contribution >= 0.6 is 0 Å². The van der Waals surface area contributed by atoms with Crippen LogP contribution in [0.3, 0.4) is 0 Å². The van der Waals surface area contributed by atoms with E-state index in [1.165, 1.54) is 6.07 Å². The highest BCUT2D eigenvalue weighted by atomic mass is 32.2. The van der Waals surface area contributed by atoms with E-state index in [4.69, 9.17) is 9.88 Å². The minimum absolute atomic E-state index is 0.0418. The minimum atomic E-state index is -3.90. The molecule has 3 rings (SSSR count). The van der Waals surface area contributed by atoms with Crippen molar-refractivity contribution < 1.29 is 22.7 Å². The summed E-state index contributed by atoms with van der Waals surface area (Å²) >= 11 is 0. The number of carbonyl (C=O) groups excluding carboxylic acids is 2. The van der Waals surface area contributed by atoms with Gasteiger partial charge in [-0.1, -0.05) is 25.1 Å². The number of benzene rings is 1. The van der Waals surface area contributed by atoms with Gasteiger partial charge in [-0.25, -0.2) is 23.8 Å². The van der Waals surface area contributed by atoms with Crippen molar-refractivity contribution in [2.24, 2.45) is 11.1 Å². The van der Waals surface area contributed by atoms with E-state index in [0.717, 1.165) is 25.7 Å². The number of rotatable bonds is 8. The summed E-state index contributed by atoms with van der Waals surface area (Å²) in [4.78, 5) is 24.4. The van der Waals surface area contributed by atoms with Gasteiger partial charge in [0, 0.05) is 12.1 Å².